The number of thiophene rings is 1. The summed E-state index contributed by atoms with van der Waals surface area (Å²) in [6, 6.07) is 33.8. The van der Waals surface area contributed by atoms with E-state index in [2.05, 4.69) is 97.9 Å². The number of benzene rings is 5. The Bertz CT molecular complexity index is 1530. The zero-order valence-corrected chi connectivity index (χ0v) is 17.1. The Kier molecular flexibility index (Phi) is 3.72. The highest BCUT2D eigenvalue weighted by Gasteiger charge is 2.07. The van der Waals surface area contributed by atoms with Gasteiger partial charge in [-0.3, -0.25) is 0 Å². The van der Waals surface area contributed by atoms with Gasteiger partial charge >= 0.3 is 0 Å². The molecule has 29 heavy (non-hydrogen) atoms. The van der Waals surface area contributed by atoms with Crippen LogP contribution in [0.2, 0.25) is 0 Å². The van der Waals surface area contributed by atoms with Crippen molar-refractivity contribution in [3.05, 3.63) is 108 Å². The molecule has 0 bridgehead atoms. The van der Waals surface area contributed by atoms with E-state index in [-0.39, 0.29) is 0 Å². The van der Waals surface area contributed by atoms with Crippen molar-refractivity contribution in [2.45, 2.75) is 13.3 Å². The monoisotopic (exact) mass is 388 g/mol. The van der Waals surface area contributed by atoms with E-state index in [0.717, 1.165) is 6.42 Å². The number of hydrogen-bond acceptors (Lipinski definition) is 1. The van der Waals surface area contributed by atoms with Gasteiger partial charge in [-0.15, -0.1) is 11.3 Å². The van der Waals surface area contributed by atoms with Crippen LogP contribution in [-0.2, 0) is 6.42 Å². The van der Waals surface area contributed by atoms with Gasteiger partial charge in [0.1, 0.15) is 0 Å². The zero-order chi connectivity index (χ0) is 19.4. The average Bonchev–Trinajstić information content (AvgIpc) is 3.11. The van der Waals surface area contributed by atoms with Crippen molar-refractivity contribution in [1.82, 2.24) is 0 Å². The summed E-state index contributed by atoms with van der Waals surface area (Å²) in [5.74, 6) is 0. The van der Waals surface area contributed by atoms with Gasteiger partial charge in [0.15, 0.2) is 0 Å². The minimum Gasteiger partial charge on any atom is -0.135 e. The van der Waals surface area contributed by atoms with Gasteiger partial charge in [0.2, 0.25) is 0 Å². The number of hydrogen-bond donors (Lipinski definition) is 0. The van der Waals surface area contributed by atoms with Crippen LogP contribution in [0.15, 0.2) is 91.0 Å². The van der Waals surface area contributed by atoms with Crippen LogP contribution in [0, 0.1) is 6.92 Å². The van der Waals surface area contributed by atoms with Gasteiger partial charge in [0.05, 0.1) is 0 Å². The molecule has 0 radical (unpaired) electrons. The minimum atomic E-state index is 0.961. The summed E-state index contributed by atoms with van der Waals surface area (Å²) < 4.78 is 2.75. The second-order valence-corrected chi connectivity index (χ2v) is 9.03. The number of aryl methyl sites for hydroxylation is 1. The summed E-state index contributed by atoms with van der Waals surface area (Å²) >= 11 is 1.89. The average molecular weight is 389 g/mol. The third kappa shape index (κ3) is 2.82. The molecular weight excluding hydrogens is 368 g/mol. The molecule has 0 spiro atoms. The molecule has 0 fully saturated rings. The molecule has 1 aromatic heterocycles. The Labute approximate surface area is 174 Å². The maximum atomic E-state index is 2.38. The fraction of sp³-hybridized carbons (Fsp3) is 0.0714. The van der Waals surface area contributed by atoms with Gasteiger partial charge < -0.3 is 0 Å². The van der Waals surface area contributed by atoms with E-state index in [1.54, 1.807) is 0 Å². The van der Waals surface area contributed by atoms with Crippen molar-refractivity contribution in [2.24, 2.45) is 0 Å². The van der Waals surface area contributed by atoms with Crippen molar-refractivity contribution < 1.29 is 0 Å². The number of fused-ring (bicyclic) bond motifs is 6. The van der Waals surface area contributed by atoms with Gasteiger partial charge in [-0.1, -0.05) is 84.4 Å². The largest absolute Gasteiger partial charge is 0.135 e. The normalized spacial score (nSPS) is 11.8. The Morgan fingerprint density at radius 3 is 2.24 bits per heavy atom. The molecule has 138 valence electrons. The van der Waals surface area contributed by atoms with E-state index >= 15 is 0 Å². The SMILES string of the molecule is Cc1ccc2c(ccc3ccc(Cc4ccc5c(c4)sc4ccccc45)cc32)c1. The fourth-order valence-corrected chi connectivity index (χ4v) is 5.62. The first-order valence-corrected chi connectivity index (χ1v) is 10.9. The summed E-state index contributed by atoms with van der Waals surface area (Å²) in [4.78, 5) is 0. The molecule has 0 unspecified atom stereocenters. The Morgan fingerprint density at radius 2 is 1.28 bits per heavy atom. The van der Waals surface area contributed by atoms with E-state index in [9.17, 15) is 0 Å². The Morgan fingerprint density at radius 1 is 0.552 bits per heavy atom. The smallest absolute Gasteiger partial charge is 0.0358 e. The lowest BCUT2D eigenvalue weighted by atomic mass is 9.96. The molecular formula is C28H20S. The third-order valence-electron chi connectivity index (χ3n) is 5.91. The molecule has 5 aromatic carbocycles. The van der Waals surface area contributed by atoms with Crippen molar-refractivity contribution in [3.8, 4) is 0 Å². The highest BCUT2D eigenvalue weighted by molar-refractivity contribution is 7.25. The second kappa shape index (κ2) is 6.43. The summed E-state index contributed by atoms with van der Waals surface area (Å²) in [5.41, 5.74) is 4.05. The van der Waals surface area contributed by atoms with Crippen molar-refractivity contribution in [2.75, 3.05) is 0 Å². The first kappa shape index (κ1) is 16.8. The van der Waals surface area contributed by atoms with Crippen molar-refractivity contribution >= 4 is 53.1 Å². The molecule has 6 rings (SSSR count). The maximum absolute atomic E-state index is 2.38. The summed E-state index contributed by atoms with van der Waals surface area (Å²) in [6.45, 7) is 2.16. The van der Waals surface area contributed by atoms with Crippen LogP contribution in [-0.4, -0.2) is 0 Å². The van der Waals surface area contributed by atoms with E-state index < -0.39 is 0 Å². The molecule has 6 aromatic rings. The van der Waals surface area contributed by atoms with Gasteiger partial charge in [-0.2, -0.15) is 0 Å². The van der Waals surface area contributed by atoms with Gasteiger partial charge in [-0.25, -0.2) is 0 Å². The minimum absolute atomic E-state index is 0.961. The quantitative estimate of drug-likeness (QED) is 0.262. The van der Waals surface area contributed by atoms with Crippen molar-refractivity contribution in [3.63, 3.8) is 0 Å². The van der Waals surface area contributed by atoms with Crippen LogP contribution < -0.4 is 0 Å². The summed E-state index contributed by atoms with van der Waals surface area (Å²) in [5, 5.41) is 8.06. The molecule has 0 saturated heterocycles. The summed E-state index contributed by atoms with van der Waals surface area (Å²) in [6.07, 6.45) is 0.961. The van der Waals surface area contributed by atoms with E-state index in [1.807, 2.05) is 11.3 Å². The lowest BCUT2D eigenvalue weighted by molar-refractivity contribution is 1.21. The predicted octanol–water partition coefficient (Wildman–Crippen LogP) is 8.26. The second-order valence-electron chi connectivity index (χ2n) is 7.95. The van der Waals surface area contributed by atoms with Gasteiger partial charge in [0.25, 0.3) is 0 Å². The Hall–Kier alpha value is -3.16. The van der Waals surface area contributed by atoms with Crippen LogP contribution in [0.3, 0.4) is 0 Å². The first-order chi connectivity index (χ1) is 14.2. The van der Waals surface area contributed by atoms with Crippen LogP contribution in [0.4, 0.5) is 0 Å². The molecule has 0 aliphatic rings. The van der Waals surface area contributed by atoms with Crippen LogP contribution >= 0.6 is 11.3 Å². The molecule has 1 heteroatoms. The molecule has 1 heterocycles. The highest BCUT2D eigenvalue weighted by atomic mass is 32.1. The van der Waals surface area contributed by atoms with Crippen LogP contribution in [0.5, 0.6) is 0 Å². The van der Waals surface area contributed by atoms with E-state index in [4.69, 9.17) is 0 Å². The molecule has 0 N–H and O–H groups in total. The Balaban J connectivity index is 1.44. The highest BCUT2D eigenvalue weighted by Crippen LogP contribution is 2.35. The van der Waals surface area contributed by atoms with Gasteiger partial charge in [-0.05, 0) is 58.1 Å². The van der Waals surface area contributed by atoms with Crippen molar-refractivity contribution in [1.29, 1.82) is 0 Å². The lowest BCUT2D eigenvalue weighted by Crippen LogP contribution is -1.89. The molecule has 0 nitrogen and oxygen atoms in total. The van der Waals surface area contributed by atoms with Crippen LogP contribution in [0.25, 0.3) is 41.7 Å². The van der Waals surface area contributed by atoms with E-state index in [1.165, 1.54) is 58.4 Å². The topological polar surface area (TPSA) is 0 Å². The fourth-order valence-electron chi connectivity index (χ4n) is 4.45. The molecule has 0 aliphatic heterocycles. The number of rotatable bonds is 2. The molecule has 0 saturated carbocycles. The standard InChI is InChI=1S/C28H20S/c1-18-6-12-23-22(14-18)11-10-21-9-7-19(16-26(21)23)15-20-8-13-25-24-4-2-3-5-27(24)29-28(25)17-20/h2-14,16-17H,15H2,1H3. The third-order valence-corrected chi connectivity index (χ3v) is 7.04. The van der Waals surface area contributed by atoms with E-state index in [0.29, 0.717) is 0 Å². The first-order valence-electron chi connectivity index (χ1n) is 10.1. The predicted molar refractivity (Wildman–Crippen MR) is 128 cm³/mol. The zero-order valence-electron chi connectivity index (χ0n) is 16.3. The van der Waals surface area contributed by atoms with Crippen LogP contribution in [0.1, 0.15) is 16.7 Å². The maximum Gasteiger partial charge on any atom is 0.0358 e. The molecule has 0 amide bonds. The summed E-state index contributed by atoms with van der Waals surface area (Å²) in [7, 11) is 0. The van der Waals surface area contributed by atoms with Gasteiger partial charge in [0, 0.05) is 20.2 Å². The lowest BCUT2D eigenvalue weighted by Gasteiger charge is -2.08. The molecule has 0 aliphatic carbocycles. The molecule has 0 atom stereocenters.